The van der Waals surface area contributed by atoms with Crippen LogP contribution in [0.5, 0.6) is 0 Å². The van der Waals surface area contributed by atoms with Crippen LogP contribution in [0.1, 0.15) is 41.0 Å². The number of likely N-dealkylation sites (tertiary alicyclic amines) is 2. The van der Waals surface area contributed by atoms with E-state index in [1.54, 1.807) is 0 Å². The van der Waals surface area contributed by atoms with Crippen LogP contribution < -0.4 is 0 Å². The summed E-state index contributed by atoms with van der Waals surface area (Å²) in [5.74, 6) is 1.11. The molecule has 30 heavy (non-hydrogen) atoms. The highest BCUT2D eigenvalue weighted by Crippen LogP contribution is 2.24. The molecule has 5 nitrogen and oxygen atoms in total. The molecule has 3 aromatic rings. The lowest BCUT2D eigenvalue weighted by molar-refractivity contribution is 0.0780. The van der Waals surface area contributed by atoms with E-state index >= 15 is 0 Å². The van der Waals surface area contributed by atoms with Gasteiger partial charge in [0, 0.05) is 36.3 Å². The van der Waals surface area contributed by atoms with E-state index in [1.165, 1.54) is 25.9 Å². The van der Waals surface area contributed by atoms with Crippen molar-refractivity contribution < 1.29 is 4.79 Å². The third-order valence-corrected chi connectivity index (χ3v) is 6.79. The Morgan fingerprint density at radius 3 is 2.63 bits per heavy atom. The largest absolute Gasteiger partial charge is 0.337 e. The minimum absolute atomic E-state index is 0.152. The molecule has 0 radical (unpaired) electrons. The van der Waals surface area contributed by atoms with Crippen LogP contribution >= 0.6 is 11.6 Å². The first-order valence-electron chi connectivity index (χ1n) is 10.8. The van der Waals surface area contributed by atoms with Crippen LogP contribution in [0.2, 0.25) is 5.02 Å². The van der Waals surface area contributed by atoms with Gasteiger partial charge in [-0.05, 0) is 75.2 Å². The summed E-state index contributed by atoms with van der Waals surface area (Å²) >= 11 is 6.19. The molecule has 0 bridgehead atoms. The lowest BCUT2D eigenvalue weighted by Crippen LogP contribution is -2.37. The second kappa shape index (κ2) is 8.05. The van der Waals surface area contributed by atoms with Crippen LogP contribution in [-0.2, 0) is 6.54 Å². The van der Waals surface area contributed by atoms with Crippen LogP contribution in [0.3, 0.4) is 0 Å². The number of halogens is 1. The topological polar surface area (TPSA) is 41.4 Å². The van der Waals surface area contributed by atoms with Crippen molar-refractivity contribution in [1.29, 1.82) is 0 Å². The molecule has 5 rings (SSSR count). The van der Waals surface area contributed by atoms with Crippen molar-refractivity contribution in [2.75, 3.05) is 26.2 Å². The summed E-state index contributed by atoms with van der Waals surface area (Å²) < 4.78 is 2.17. The van der Waals surface area contributed by atoms with E-state index in [0.29, 0.717) is 17.6 Å². The molecule has 2 aliphatic rings. The summed E-state index contributed by atoms with van der Waals surface area (Å²) in [6.45, 7) is 6.82. The van der Waals surface area contributed by atoms with Gasteiger partial charge in [-0.3, -0.25) is 9.69 Å². The number of hydrogen-bond acceptors (Lipinski definition) is 3. The zero-order chi connectivity index (χ0) is 20.7. The number of fused-ring (bicyclic) bond motifs is 1. The summed E-state index contributed by atoms with van der Waals surface area (Å²) in [6, 6.07) is 14.3. The van der Waals surface area contributed by atoms with Crippen molar-refractivity contribution >= 4 is 28.5 Å². The third kappa shape index (κ3) is 3.72. The van der Waals surface area contributed by atoms with Crippen molar-refractivity contribution in [1.82, 2.24) is 19.4 Å². The van der Waals surface area contributed by atoms with Crippen molar-refractivity contribution in [3.63, 3.8) is 0 Å². The maximum absolute atomic E-state index is 13.0. The fourth-order valence-electron chi connectivity index (χ4n) is 4.86. The Hall–Kier alpha value is -2.37. The molecule has 2 aromatic carbocycles. The molecule has 0 N–H and O–H groups in total. The Morgan fingerprint density at radius 1 is 1.10 bits per heavy atom. The van der Waals surface area contributed by atoms with Gasteiger partial charge < -0.3 is 9.47 Å². The van der Waals surface area contributed by atoms with E-state index in [9.17, 15) is 4.79 Å². The maximum atomic E-state index is 13.0. The molecular weight excluding hydrogens is 396 g/mol. The number of aromatic nitrogens is 2. The predicted octanol–water partition coefficient (Wildman–Crippen LogP) is 4.36. The maximum Gasteiger partial charge on any atom is 0.253 e. The van der Waals surface area contributed by atoms with Gasteiger partial charge in [0.2, 0.25) is 0 Å². The van der Waals surface area contributed by atoms with Gasteiger partial charge in [-0.2, -0.15) is 0 Å². The molecule has 2 fully saturated rings. The van der Waals surface area contributed by atoms with Gasteiger partial charge in [-0.15, -0.1) is 0 Å². The number of benzene rings is 2. The number of amides is 1. The number of aryl methyl sites for hydroxylation is 1. The molecule has 1 aromatic heterocycles. The Kier molecular flexibility index (Phi) is 5.25. The molecule has 2 saturated heterocycles. The van der Waals surface area contributed by atoms with Crippen molar-refractivity contribution in [2.24, 2.45) is 0 Å². The normalized spacial score (nSPS) is 19.8. The number of nitrogens with zero attached hydrogens (tertiary/aromatic N) is 4. The van der Waals surface area contributed by atoms with Gasteiger partial charge in [0.25, 0.3) is 5.91 Å². The van der Waals surface area contributed by atoms with Crippen LogP contribution in [0.25, 0.3) is 11.0 Å². The molecule has 3 heterocycles. The predicted molar refractivity (Wildman–Crippen MR) is 120 cm³/mol. The zero-order valence-corrected chi connectivity index (χ0v) is 18.1. The monoisotopic (exact) mass is 422 g/mol. The lowest BCUT2D eigenvalue weighted by atomic mass is 10.1. The van der Waals surface area contributed by atoms with Crippen molar-refractivity contribution in [2.45, 2.75) is 38.8 Å². The molecule has 156 valence electrons. The van der Waals surface area contributed by atoms with E-state index in [-0.39, 0.29) is 5.91 Å². The van der Waals surface area contributed by atoms with Gasteiger partial charge in [-0.25, -0.2) is 4.98 Å². The fraction of sp³-hybridized carbons (Fsp3) is 0.417. The average molecular weight is 423 g/mol. The first kappa shape index (κ1) is 19.6. The van der Waals surface area contributed by atoms with Gasteiger partial charge in [0.15, 0.2) is 0 Å². The highest BCUT2D eigenvalue weighted by atomic mass is 35.5. The lowest BCUT2D eigenvalue weighted by Gasteiger charge is -2.23. The molecule has 0 aliphatic carbocycles. The number of hydrogen-bond donors (Lipinski definition) is 0. The second-order valence-electron chi connectivity index (χ2n) is 8.51. The molecular formula is C24H27ClN4O. The summed E-state index contributed by atoms with van der Waals surface area (Å²) in [4.78, 5) is 22.2. The minimum Gasteiger partial charge on any atom is -0.337 e. The molecule has 6 heteroatoms. The summed E-state index contributed by atoms with van der Waals surface area (Å²) in [5, 5.41) is 0.711. The van der Waals surface area contributed by atoms with Gasteiger partial charge >= 0.3 is 0 Å². The third-order valence-electron chi connectivity index (χ3n) is 6.55. The first-order valence-corrected chi connectivity index (χ1v) is 11.2. The van der Waals surface area contributed by atoms with E-state index in [1.807, 2.05) is 42.2 Å². The molecule has 1 unspecified atom stereocenters. The summed E-state index contributed by atoms with van der Waals surface area (Å²) in [6.07, 6.45) is 3.69. The molecule has 1 atom stereocenters. The highest BCUT2D eigenvalue weighted by Gasteiger charge is 2.31. The number of carbonyl (C=O) groups excluding carboxylic acids is 1. The fourth-order valence-corrected chi connectivity index (χ4v) is 5.03. The quantitative estimate of drug-likeness (QED) is 0.627. The number of rotatable bonds is 4. The Balaban J connectivity index is 1.29. The van der Waals surface area contributed by atoms with E-state index in [0.717, 1.165) is 47.5 Å². The Labute approximate surface area is 182 Å². The molecule has 0 saturated carbocycles. The second-order valence-corrected chi connectivity index (χ2v) is 8.95. The molecule has 2 aliphatic heterocycles. The van der Waals surface area contributed by atoms with E-state index in [4.69, 9.17) is 11.6 Å². The average Bonchev–Trinajstić information content (AvgIpc) is 3.49. The van der Waals surface area contributed by atoms with Gasteiger partial charge in [-0.1, -0.05) is 23.7 Å². The van der Waals surface area contributed by atoms with Crippen LogP contribution in [0, 0.1) is 6.92 Å². The standard InChI is InChI=1S/C24H27ClN4O/c1-17-26-22-9-8-20(25)14-23(22)29(17)15-18-4-6-19(7-5-18)24(30)28-13-10-21(16-28)27-11-2-3-12-27/h4-9,14,21H,2-3,10-13,15-16H2,1H3. The smallest absolute Gasteiger partial charge is 0.253 e. The Morgan fingerprint density at radius 2 is 1.87 bits per heavy atom. The highest BCUT2D eigenvalue weighted by molar-refractivity contribution is 6.31. The summed E-state index contributed by atoms with van der Waals surface area (Å²) in [5.41, 5.74) is 3.90. The molecule has 0 spiro atoms. The van der Waals surface area contributed by atoms with E-state index < -0.39 is 0 Å². The SMILES string of the molecule is Cc1nc2ccc(Cl)cc2n1Cc1ccc(C(=O)N2CCC(N3CCCC3)C2)cc1. The van der Waals surface area contributed by atoms with E-state index in [2.05, 4.69) is 26.6 Å². The van der Waals surface area contributed by atoms with Crippen molar-refractivity contribution in [3.05, 3.63) is 64.4 Å². The van der Waals surface area contributed by atoms with Gasteiger partial charge in [0.05, 0.1) is 11.0 Å². The molecule has 1 amide bonds. The van der Waals surface area contributed by atoms with Crippen LogP contribution in [0.4, 0.5) is 0 Å². The Bertz CT molecular complexity index is 1070. The number of carbonyl (C=O) groups is 1. The van der Waals surface area contributed by atoms with Crippen LogP contribution in [0.15, 0.2) is 42.5 Å². The van der Waals surface area contributed by atoms with Gasteiger partial charge in [0.1, 0.15) is 5.82 Å². The zero-order valence-electron chi connectivity index (χ0n) is 17.4. The van der Waals surface area contributed by atoms with Crippen molar-refractivity contribution in [3.8, 4) is 0 Å². The minimum atomic E-state index is 0.152. The van der Waals surface area contributed by atoms with Crippen LogP contribution in [-0.4, -0.2) is 57.5 Å². The summed E-state index contributed by atoms with van der Waals surface area (Å²) in [7, 11) is 0. The first-order chi connectivity index (χ1) is 14.6. The number of imidazole rings is 1.